The number of carbonyl (C=O) groups is 2. The zero-order valence-electron chi connectivity index (χ0n) is 10.4. The molecule has 5 nitrogen and oxygen atoms in total. The molecule has 1 atom stereocenters. The summed E-state index contributed by atoms with van der Waals surface area (Å²) in [7, 11) is 0. The van der Waals surface area contributed by atoms with Gasteiger partial charge in [0, 0.05) is 0 Å². The number of aliphatic carboxylic acids is 1. The normalized spacial score (nSPS) is 12.6. The number of rotatable bonds is 5. The van der Waals surface area contributed by atoms with Crippen LogP contribution in [0.3, 0.4) is 0 Å². The number of carbonyl (C=O) groups excluding carboxylic acids is 1. The van der Waals surface area contributed by atoms with Crippen LogP contribution < -0.4 is 10.1 Å². The van der Waals surface area contributed by atoms with Crippen molar-refractivity contribution in [3.05, 3.63) is 29.8 Å². The Morgan fingerprint density at radius 1 is 1.30 bits per heavy atom. The molecular weight excluding hydrogens is 279 g/mol. The van der Waals surface area contributed by atoms with E-state index in [0.29, 0.717) is 5.56 Å². The van der Waals surface area contributed by atoms with Crippen LogP contribution in [0.1, 0.15) is 18.5 Å². The first-order chi connectivity index (χ1) is 9.20. The first-order valence-corrected chi connectivity index (χ1v) is 5.52. The summed E-state index contributed by atoms with van der Waals surface area (Å²) < 4.78 is 41.1. The van der Waals surface area contributed by atoms with Crippen LogP contribution in [0.2, 0.25) is 0 Å². The smallest absolute Gasteiger partial charge is 0.471 e. The lowest BCUT2D eigenvalue weighted by molar-refractivity contribution is -0.174. The van der Waals surface area contributed by atoms with Crippen molar-refractivity contribution >= 4 is 11.9 Å². The van der Waals surface area contributed by atoms with Gasteiger partial charge >= 0.3 is 18.1 Å². The highest BCUT2D eigenvalue weighted by atomic mass is 19.4. The van der Waals surface area contributed by atoms with Crippen molar-refractivity contribution in [2.75, 3.05) is 6.61 Å². The van der Waals surface area contributed by atoms with Gasteiger partial charge in [-0.1, -0.05) is 12.1 Å². The minimum Gasteiger partial charge on any atom is -0.482 e. The Balaban J connectivity index is 2.64. The molecule has 0 spiro atoms. The summed E-state index contributed by atoms with van der Waals surface area (Å²) in [6, 6.07) is 4.87. The van der Waals surface area contributed by atoms with E-state index in [1.807, 2.05) is 0 Å². The lowest BCUT2D eigenvalue weighted by atomic mass is 10.1. The van der Waals surface area contributed by atoms with Crippen molar-refractivity contribution in [2.24, 2.45) is 0 Å². The molecule has 0 bridgehead atoms. The maximum atomic E-state index is 12.1. The van der Waals surface area contributed by atoms with E-state index < -0.39 is 30.7 Å². The topological polar surface area (TPSA) is 75.6 Å². The molecule has 8 heteroatoms. The van der Waals surface area contributed by atoms with Crippen LogP contribution in [-0.4, -0.2) is 29.8 Å². The maximum absolute atomic E-state index is 12.1. The average Bonchev–Trinajstić information content (AvgIpc) is 2.35. The molecule has 20 heavy (non-hydrogen) atoms. The van der Waals surface area contributed by atoms with Gasteiger partial charge in [0.1, 0.15) is 5.75 Å². The summed E-state index contributed by atoms with van der Waals surface area (Å²) in [6.07, 6.45) is -4.93. The van der Waals surface area contributed by atoms with Crippen LogP contribution >= 0.6 is 0 Å². The lowest BCUT2D eigenvalue weighted by Crippen LogP contribution is -2.38. The van der Waals surface area contributed by atoms with Crippen molar-refractivity contribution in [1.82, 2.24) is 5.32 Å². The molecule has 1 amide bonds. The molecule has 0 fully saturated rings. The fourth-order valence-corrected chi connectivity index (χ4v) is 1.36. The minimum absolute atomic E-state index is 0.269. The number of carboxylic acid groups (broad SMARTS) is 1. The van der Waals surface area contributed by atoms with Crippen molar-refractivity contribution in [3.63, 3.8) is 0 Å². The number of hydrogen-bond donors (Lipinski definition) is 2. The Morgan fingerprint density at radius 2 is 1.85 bits per heavy atom. The highest BCUT2D eigenvalue weighted by Gasteiger charge is 2.39. The van der Waals surface area contributed by atoms with Gasteiger partial charge in [-0.3, -0.25) is 4.79 Å². The third-order valence-corrected chi connectivity index (χ3v) is 2.35. The van der Waals surface area contributed by atoms with E-state index in [2.05, 4.69) is 0 Å². The van der Waals surface area contributed by atoms with E-state index in [1.165, 1.54) is 31.2 Å². The zero-order valence-corrected chi connectivity index (χ0v) is 10.4. The van der Waals surface area contributed by atoms with E-state index >= 15 is 0 Å². The molecule has 0 aliphatic rings. The summed E-state index contributed by atoms with van der Waals surface area (Å²) in [4.78, 5) is 21.1. The summed E-state index contributed by atoms with van der Waals surface area (Å²) in [5.74, 6) is -2.89. The Hall–Kier alpha value is -2.25. The van der Waals surface area contributed by atoms with Crippen molar-refractivity contribution < 1.29 is 32.6 Å². The molecule has 0 aliphatic heterocycles. The average molecular weight is 291 g/mol. The first-order valence-electron chi connectivity index (χ1n) is 5.52. The molecule has 1 unspecified atom stereocenters. The number of ether oxygens (including phenoxy) is 1. The van der Waals surface area contributed by atoms with Crippen LogP contribution in [0, 0.1) is 0 Å². The van der Waals surface area contributed by atoms with Crippen LogP contribution in [0.15, 0.2) is 24.3 Å². The number of nitrogens with one attached hydrogen (secondary N) is 1. The van der Waals surface area contributed by atoms with Gasteiger partial charge in [-0.05, 0) is 24.6 Å². The Bertz CT molecular complexity index is 484. The van der Waals surface area contributed by atoms with E-state index in [0.717, 1.165) is 0 Å². The molecule has 1 aromatic carbocycles. The van der Waals surface area contributed by atoms with Crippen LogP contribution in [0.25, 0.3) is 0 Å². The lowest BCUT2D eigenvalue weighted by Gasteiger charge is -2.16. The van der Waals surface area contributed by atoms with E-state index in [4.69, 9.17) is 9.84 Å². The van der Waals surface area contributed by atoms with Gasteiger partial charge in [0.25, 0.3) is 0 Å². The molecule has 1 rings (SSSR count). The first kappa shape index (κ1) is 15.8. The Kier molecular flexibility index (Phi) is 4.95. The molecule has 0 radical (unpaired) electrons. The van der Waals surface area contributed by atoms with Crippen LogP contribution in [0.5, 0.6) is 5.75 Å². The molecule has 0 aliphatic carbocycles. The van der Waals surface area contributed by atoms with Crippen LogP contribution in [-0.2, 0) is 9.59 Å². The predicted molar refractivity (Wildman–Crippen MR) is 62.2 cm³/mol. The molecule has 1 aromatic rings. The fourth-order valence-electron chi connectivity index (χ4n) is 1.36. The second kappa shape index (κ2) is 6.27. The van der Waals surface area contributed by atoms with Gasteiger partial charge in [0.2, 0.25) is 0 Å². The number of halogens is 3. The highest BCUT2D eigenvalue weighted by Crippen LogP contribution is 2.20. The SMILES string of the molecule is CC(NC(=O)C(F)(F)F)c1ccc(OCC(=O)O)cc1. The summed E-state index contributed by atoms with van der Waals surface area (Å²) >= 11 is 0. The quantitative estimate of drug-likeness (QED) is 0.868. The molecule has 2 N–H and O–H groups in total. The van der Waals surface area contributed by atoms with Gasteiger partial charge in [-0.2, -0.15) is 13.2 Å². The number of benzene rings is 1. The summed E-state index contributed by atoms with van der Waals surface area (Å²) in [5, 5.41) is 10.2. The van der Waals surface area contributed by atoms with E-state index in [9.17, 15) is 22.8 Å². The van der Waals surface area contributed by atoms with E-state index in [1.54, 1.807) is 5.32 Å². The van der Waals surface area contributed by atoms with Crippen LogP contribution in [0.4, 0.5) is 13.2 Å². The molecule has 110 valence electrons. The fraction of sp³-hybridized carbons (Fsp3) is 0.333. The molecule has 0 heterocycles. The third-order valence-electron chi connectivity index (χ3n) is 2.35. The van der Waals surface area contributed by atoms with Gasteiger partial charge in [0.05, 0.1) is 6.04 Å². The highest BCUT2D eigenvalue weighted by molar-refractivity contribution is 5.82. The molecule has 0 aromatic heterocycles. The predicted octanol–water partition coefficient (Wildman–Crippen LogP) is 1.89. The zero-order chi connectivity index (χ0) is 15.3. The summed E-state index contributed by atoms with van der Waals surface area (Å²) in [5.41, 5.74) is 0.435. The van der Waals surface area contributed by atoms with Gasteiger partial charge < -0.3 is 15.2 Å². The molecular formula is C12H12F3NO4. The second-order valence-electron chi connectivity index (χ2n) is 3.94. The van der Waals surface area contributed by atoms with Gasteiger partial charge in [-0.25, -0.2) is 4.79 Å². The Labute approximate surface area is 112 Å². The number of alkyl halides is 3. The van der Waals surface area contributed by atoms with Crippen molar-refractivity contribution in [2.45, 2.75) is 19.1 Å². The van der Waals surface area contributed by atoms with Gasteiger partial charge in [0.15, 0.2) is 6.61 Å². The van der Waals surface area contributed by atoms with Crippen molar-refractivity contribution in [3.8, 4) is 5.75 Å². The van der Waals surface area contributed by atoms with E-state index in [-0.39, 0.29) is 5.75 Å². The standard InChI is InChI=1S/C12H12F3NO4/c1-7(16-11(19)12(13,14)15)8-2-4-9(5-3-8)20-6-10(17)18/h2-5,7H,6H2,1H3,(H,16,19)(H,17,18). The monoisotopic (exact) mass is 291 g/mol. The van der Waals surface area contributed by atoms with Gasteiger partial charge in [-0.15, -0.1) is 0 Å². The third kappa shape index (κ3) is 4.79. The summed E-state index contributed by atoms with van der Waals surface area (Å²) in [6.45, 7) is 0.885. The maximum Gasteiger partial charge on any atom is 0.471 e. The second-order valence-corrected chi connectivity index (χ2v) is 3.94. The largest absolute Gasteiger partial charge is 0.482 e. The number of hydrogen-bond acceptors (Lipinski definition) is 3. The minimum atomic E-state index is -4.93. The molecule has 0 saturated heterocycles. The number of amides is 1. The van der Waals surface area contributed by atoms with Crippen molar-refractivity contribution in [1.29, 1.82) is 0 Å². The number of carboxylic acids is 1. The molecule has 0 saturated carbocycles. The Morgan fingerprint density at radius 3 is 2.30 bits per heavy atom.